The molecule has 28 heavy (non-hydrogen) atoms. The molecule has 3 fully saturated rings. The molecule has 0 N–H and O–H groups in total. The van der Waals surface area contributed by atoms with E-state index in [2.05, 4.69) is 26.8 Å². The normalized spacial score (nSPS) is 36.9. The van der Waals surface area contributed by atoms with E-state index >= 15 is 0 Å². The van der Waals surface area contributed by atoms with Crippen LogP contribution in [0.1, 0.15) is 58.4 Å². The molecule has 156 valence electrons. The van der Waals surface area contributed by atoms with Gasteiger partial charge in [0.1, 0.15) is 11.5 Å². The van der Waals surface area contributed by atoms with Crippen molar-refractivity contribution in [2.24, 2.45) is 22.7 Å². The van der Waals surface area contributed by atoms with E-state index in [9.17, 15) is 0 Å². The first-order chi connectivity index (χ1) is 13.4. The lowest BCUT2D eigenvalue weighted by atomic mass is 9.45. The predicted octanol–water partition coefficient (Wildman–Crippen LogP) is 5.23. The Hall–Kier alpha value is -1.26. The average molecular weight is 389 g/mol. The summed E-state index contributed by atoms with van der Waals surface area (Å²) >= 11 is 0. The zero-order chi connectivity index (χ0) is 20.0. The Morgan fingerprint density at radius 1 is 1.04 bits per heavy atom. The molecular weight excluding hydrogens is 352 g/mol. The first kappa shape index (κ1) is 20.0. The highest BCUT2D eigenvalue weighted by Gasteiger charge is 2.64. The van der Waals surface area contributed by atoms with Gasteiger partial charge in [0.2, 0.25) is 0 Å². The van der Waals surface area contributed by atoms with Crippen LogP contribution in [0.4, 0.5) is 0 Å². The number of benzene rings is 1. The molecule has 0 aromatic heterocycles. The first-order valence-corrected chi connectivity index (χ1v) is 10.9. The highest BCUT2D eigenvalue weighted by Crippen LogP contribution is 2.65. The van der Waals surface area contributed by atoms with Crippen molar-refractivity contribution in [3.05, 3.63) is 23.8 Å². The zero-order valence-electron chi connectivity index (χ0n) is 18.2. The third-order valence-electron chi connectivity index (χ3n) is 8.47. The van der Waals surface area contributed by atoms with Crippen molar-refractivity contribution in [2.45, 2.75) is 65.1 Å². The molecule has 1 aromatic rings. The largest absolute Gasteiger partial charge is 0.497 e. The summed E-state index contributed by atoms with van der Waals surface area (Å²) in [5, 5.41) is 0. The molecule has 4 rings (SSSR count). The minimum absolute atomic E-state index is 0.0646. The molecule has 1 heterocycles. The maximum Gasteiger partial charge on any atom is 0.174 e. The van der Waals surface area contributed by atoms with Crippen LogP contribution in [0.15, 0.2) is 18.2 Å². The maximum atomic E-state index is 6.35. The van der Waals surface area contributed by atoms with Crippen LogP contribution in [0.25, 0.3) is 0 Å². The Kier molecular flexibility index (Phi) is 5.16. The quantitative estimate of drug-likeness (QED) is 0.707. The van der Waals surface area contributed by atoms with Crippen LogP contribution in [-0.2, 0) is 15.9 Å². The summed E-state index contributed by atoms with van der Waals surface area (Å²) in [6, 6.07) is 6.18. The Balaban J connectivity index is 1.73. The van der Waals surface area contributed by atoms with Gasteiger partial charge in [0.15, 0.2) is 5.79 Å². The highest BCUT2D eigenvalue weighted by molar-refractivity contribution is 5.41. The van der Waals surface area contributed by atoms with Gasteiger partial charge in [-0.2, -0.15) is 0 Å². The summed E-state index contributed by atoms with van der Waals surface area (Å²) in [5.74, 6) is 2.67. The molecule has 1 saturated heterocycles. The molecule has 4 heteroatoms. The topological polar surface area (TPSA) is 36.9 Å². The predicted molar refractivity (Wildman–Crippen MR) is 110 cm³/mol. The lowest BCUT2D eigenvalue weighted by Crippen LogP contribution is -2.62. The lowest BCUT2D eigenvalue weighted by molar-refractivity contribution is -0.297. The third kappa shape index (κ3) is 2.87. The molecule has 4 nitrogen and oxygen atoms in total. The summed E-state index contributed by atoms with van der Waals surface area (Å²) in [4.78, 5) is 0. The molecule has 1 aliphatic heterocycles. The second-order valence-electron chi connectivity index (χ2n) is 9.61. The SMILES string of the molecule is COc1ccc(OC)c(C[C@]2(C)[C@H](C)CC[C@@]3(C)[C@H]2CCCC32OCCO2)c1. The fourth-order valence-electron chi connectivity index (χ4n) is 6.68. The van der Waals surface area contributed by atoms with Gasteiger partial charge in [-0.15, -0.1) is 0 Å². The molecule has 0 amide bonds. The van der Waals surface area contributed by atoms with Gasteiger partial charge in [0.25, 0.3) is 0 Å². The average Bonchev–Trinajstić information content (AvgIpc) is 3.17. The van der Waals surface area contributed by atoms with Gasteiger partial charge in [-0.1, -0.05) is 20.8 Å². The van der Waals surface area contributed by atoms with Gasteiger partial charge in [-0.25, -0.2) is 0 Å². The molecule has 1 spiro atoms. The van der Waals surface area contributed by atoms with Crippen molar-refractivity contribution in [2.75, 3.05) is 27.4 Å². The van der Waals surface area contributed by atoms with Crippen LogP contribution in [0.5, 0.6) is 11.5 Å². The lowest BCUT2D eigenvalue weighted by Gasteiger charge is -2.63. The first-order valence-electron chi connectivity index (χ1n) is 10.9. The van der Waals surface area contributed by atoms with E-state index in [1.54, 1.807) is 14.2 Å². The summed E-state index contributed by atoms with van der Waals surface area (Å²) in [6.07, 6.45) is 6.85. The second-order valence-corrected chi connectivity index (χ2v) is 9.61. The Morgan fingerprint density at radius 2 is 1.79 bits per heavy atom. The fourth-order valence-corrected chi connectivity index (χ4v) is 6.68. The number of hydrogen-bond acceptors (Lipinski definition) is 4. The number of fused-ring (bicyclic) bond motifs is 2. The standard InChI is InChI=1S/C24H36O4/c1-17-10-12-23(3)21(7-6-11-24(23)27-13-14-28-24)22(17,2)16-18-15-19(25-4)8-9-20(18)26-5/h8-9,15,17,21H,6-7,10-14,16H2,1-5H3/t17-,21+,22-,23+/m1/s1. The van der Waals surface area contributed by atoms with Crippen LogP contribution >= 0.6 is 0 Å². The van der Waals surface area contributed by atoms with Crippen LogP contribution < -0.4 is 9.47 Å². The fraction of sp³-hybridized carbons (Fsp3) is 0.750. The number of hydrogen-bond donors (Lipinski definition) is 0. The zero-order valence-corrected chi connectivity index (χ0v) is 18.2. The smallest absolute Gasteiger partial charge is 0.174 e. The van der Waals surface area contributed by atoms with Crippen molar-refractivity contribution in [3.8, 4) is 11.5 Å². The monoisotopic (exact) mass is 388 g/mol. The van der Waals surface area contributed by atoms with Gasteiger partial charge in [0, 0.05) is 11.8 Å². The molecule has 1 aromatic carbocycles. The van der Waals surface area contributed by atoms with Crippen molar-refractivity contribution >= 4 is 0 Å². The van der Waals surface area contributed by atoms with E-state index in [-0.39, 0.29) is 16.6 Å². The Morgan fingerprint density at radius 3 is 2.46 bits per heavy atom. The molecule has 0 radical (unpaired) electrons. The van der Waals surface area contributed by atoms with E-state index < -0.39 is 0 Å². The van der Waals surface area contributed by atoms with Crippen LogP contribution in [0, 0.1) is 22.7 Å². The molecule has 0 unspecified atom stereocenters. The van der Waals surface area contributed by atoms with Crippen molar-refractivity contribution in [1.29, 1.82) is 0 Å². The van der Waals surface area contributed by atoms with Crippen molar-refractivity contribution in [3.63, 3.8) is 0 Å². The van der Waals surface area contributed by atoms with Gasteiger partial charge in [0.05, 0.1) is 27.4 Å². The number of methoxy groups -OCH3 is 2. The van der Waals surface area contributed by atoms with E-state index in [0.717, 1.165) is 37.6 Å². The molecule has 0 bridgehead atoms. The van der Waals surface area contributed by atoms with Crippen molar-refractivity contribution < 1.29 is 18.9 Å². The Labute approximate surface area is 169 Å². The number of ether oxygens (including phenoxy) is 4. The summed E-state index contributed by atoms with van der Waals surface area (Å²) in [7, 11) is 3.49. The van der Waals surface area contributed by atoms with E-state index in [0.29, 0.717) is 11.8 Å². The van der Waals surface area contributed by atoms with Crippen molar-refractivity contribution in [1.82, 2.24) is 0 Å². The molecule has 2 aliphatic carbocycles. The van der Waals surface area contributed by atoms with Crippen LogP contribution in [0.2, 0.25) is 0 Å². The van der Waals surface area contributed by atoms with Gasteiger partial charge in [-0.3, -0.25) is 0 Å². The molecule has 2 saturated carbocycles. The third-order valence-corrected chi connectivity index (χ3v) is 8.47. The van der Waals surface area contributed by atoms with Gasteiger partial charge in [-0.05, 0) is 73.1 Å². The summed E-state index contributed by atoms with van der Waals surface area (Å²) in [5.41, 5.74) is 1.47. The van der Waals surface area contributed by atoms with Gasteiger partial charge < -0.3 is 18.9 Å². The molecular formula is C24H36O4. The van der Waals surface area contributed by atoms with E-state index in [4.69, 9.17) is 18.9 Å². The van der Waals surface area contributed by atoms with E-state index in [1.807, 2.05) is 12.1 Å². The highest BCUT2D eigenvalue weighted by atomic mass is 16.7. The minimum atomic E-state index is -0.379. The number of rotatable bonds is 4. The Bertz CT molecular complexity index is 711. The molecule has 3 aliphatic rings. The molecule has 4 atom stereocenters. The summed E-state index contributed by atoms with van der Waals surface area (Å²) in [6.45, 7) is 8.84. The minimum Gasteiger partial charge on any atom is -0.497 e. The van der Waals surface area contributed by atoms with Crippen LogP contribution in [0.3, 0.4) is 0 Å². The maximum absolute atomic E-state index is 6.35. The summed E-state index contributed by atoms with van der Waals surface area (Å²) < 4.78 is 23.9. The van der Waals surface area contributed by atoms with Crippen LogP contribution in [-0.4, -0.2) is 33.2 Å². The van der Waals surface area contributed by atoms with Gasteiger partial charge >= 0.3 is 0 Å². The second kappa shape index (κ2) is 7.21. The van der Waals surface area contributed by atoms with E-state index in [1.165, 1.54) is 31.2 Å².